The Morgan fingerprint density at radius 1 is 1.00 bits per heavy atom. The smallest absolute Gasteiger partial charge is 0.259 e. The lowest BCUT2D eigenvalue weighted by Gasteiger charge is -2.31. The van der Waals surface area contributed by atoms with Crippen molar-refractivity contribution in [2.45, 2.75) is 26.9 Å². The number of nitrogens with two attached hydrogens (primary N) is 1. The van der Waals surface area contributed by atoms with E-state index in [9.17, 15) is 4.79 Å². The molecular weight excluding hydrogens is 286 g/mol. The summed E-state index contributed by atoms with van der Waals surface area (Å²) in [6.45, 7) is 6.20. The first-order valence-electron chi connectivity index (χ1n) is 7.66. The van der Waals surface area contributed by atoms with Crippen LogP contribution in [0.5, 0.6) is 0 Å². The van der Waals surface area contributed by atoms with Gasteiger partial charge in [0.1, 0.15) is 6.17 Å². The molecule has 23 heavy (non-hydrogen) atoms. The molecule has 0 bridgehead atoms. The standard InChI is InChI=1S/C19H21N3O/c1-13-11-14(2)17(15(3)12-13)18-21(9-10-22(18)20)19(23)16-7-5-4-6-8-16/h4-12,18H,20H2,1-3H3. The molecule has 0 radical (unpaired) electrons. The summed E-state index contributed by atoms with van der Waals surface area (Å²) < 4.78 is 0. The zero-order valence-corrected chi connectivity index (χ0v) is 13.7. The van der Waals surface area contributed by atoms with Crippen molar-refractivity contribution in [2.24, 2.45) is 5.84 Å². The molecule has 4 nitrogen and oxygen atoms in total. The van der Waals surface area contributed by atoms with E-state index in [4.69, 9.17) is 5.84 Å². The number of hydrogen-bond acceptors (Lipinski definition) is 3. The van der Waals surface area contributed by atoms with Crippen LogP contribution in [0.4, 0.5) is 0 Å². The Hall–Kier alpha value is -2.59. The number of carbonyl (C=O) groups is 1. The van der Waals surface area contributed by atoms with E-state index >= 15 is 0 Å². The molecule has 118 valence electrons. The predicted octanol–water partition coefficient (Wildman–Crippen LogP) is 3.41. The van der Waals surface area contributed by atoms with Gasteiger partial charge in [-0.15, -0.1) is 0 Å². The summed E-state index contributed by atoms with van der Waals surface area (Å²) in [6, 6.07) is 13.5. The van der Waals surface area contributed by atoms with Gasteiger partial charge in [0, 0.05) is 23.5 Å². The molecule has 1 aliphatic heterocycles. The minimum atomic E-state index is -0.316. The number of aryl methyl sites for hydroxylation is 3. The summed E-state index contributed by atoms with van der Waals surface area (Å²) in [5.41, 5.74) is 5.21. The fraction of sp³-hybridized carbons (Fsp3) is 0.211. The molecule has 1 unspecified atom stereocenters. The maximum Gasteiger partial charge on any atom is 0.259 e. The molecule has 0 saturated heterocycles. The first-order valence-corrected chi connectivity index (χ1v) is 7.66. The van der Waals surface area contributed by atoms with Crippen LogP contribution in [0.1, 0.15) is 38.8 Å². The molecule has 1 atom stereocenters. The Balaban J connectivity index is 2.03. The lowest BCUT2D eigenvalue weighted by atomic mass is 9.96. The number of carbonyl (C=O) groups excluding carboxylic acids is 1. The van der Waals surface area contributed by atoms with E-state index < -0.39 is 0 Å². The molecule has 4 heteroatoms. The lowest BCUT2D eigenvalue weighted by Crippen LogP contribution is -2.38. The highest BCUT2D eigenvalue weighted by Crippen LogP contribution is 2.34. The van der Waals surface area contributed by atoms with E-state index in [1.165, 1.54) is 5.56 Å². The first kappa shape index (κ1) is 15.3. The molecule has 0 aliphatic carbocycles. The van der Waals surface area contributed by atoms with Crippen LogP contribution in [0.3, 0.4) is 0 Å². The Labute approximate surface area is 136 Å². The summed E-state index contributed by atoms with van der Waals surface area (Å²) in [6.07, 6.45) is 3.17. The zero-order chi connectivity index (χ0) is 16.6. The summed E-state index contributed by atoms with van der Waals surface area (Å²) >= 11 is 0. The van der Waals surface area contributed by atoms with Crippen LogP contribution >= 0.6 is 0 Å². The Morgan fingerprint density at radius 3 is 2.22 bits per heavy atom. The van der Waals surface area contributed by atoms with Crippen molar-refractivity contribution in [1.82, 2.24) is 9.91 Å². The van der Waals surface area contributed by atoms with Crippen molar-refractivity contribution in [2.75, 3.05) is 0 Å². The molecule has 2 N–H and O–H groups in total. The quantitative estimate of drug-likeness (QED) is 0.865. The van der Waals surface area contributed by atoms with Crippen molar-refractivity contribution < 1.29 is 4.79 Å². The molecule has 0 fully saturated rings. The van der Waals surface area contributed by atoms with E-state index in [1.54, 1.807) is 22.3 Å². The van der Waals surface area contributed by atoms with Gasteiger partial charge in [0.25, 0.3) is 5.91 Å². The van der Waals surface area contributed by atoms with E-state index in [-0.39, 0.29) is 12.1 Å². The topological polar surface area (TPSA) is 49.6 Å². The second kappa shape index (κ2) is 5.89. The molecule has 0 spiro atoms. The van der Waals surface area contributed by atoms with Crippen LogP contribution in [-0.2, 0) is 0 Å². The summed E-state index contributed by atoms with van der Waals surface area (Å²) in [5.74, 6) is 6.09. The average Bonchev–Trinajstić information content (AvgIpc) is 2.88. The zero-order valence-electron chi connectivity index (χ0n) is 13.7. The van der Waals surface area contributed by atoms with Crippen LogP contribution in [0.25, 0.3) is 0 Å². The number of hydrazine groups is 1. The molecule has 1 amide bonds. The molecular formula is C19H21N3O. The van der Waals surface area contributed by atoms with E-state index in [0.29, 0.717) is 5.56 Å². The Bertz CT molecular complexity index is 744. The van der Waals surface area contributed by atoms with Crippen LogP contribution in [0.2, 0.25) is 0 Å². The SMILES string of the molecule is Cc1cc(C)c(C2N(N)C=CN2C(=O)c2ccccc2)c(C)c1. The van der Waals surface area contributed by atoms with E-state index in [0.717, 1.165) is 16.7 Å². The van der Waals surface area contributed by atoms with Gasteiger partial charge in [0.05, 0.1) is 0 Å². The third kappa shape index (κ3) is 2.73. The molecule has 3 rings (SSSR count). The van der Waals surface area contributed by atoms with Crippen LogP contribution in [0.15, 0.2) is 54.9 Å². The number of amides is 1. The molecule has 2 aromatic carbocycles. The fourth-order valence-electron chi connectivity index (χ4n) is 3.25. The lowest BCUT2D eigenvalue weighted by molar-refractivity contribution is 0.0672. The van der Waals surface area contributed by atoms with Crippen LogP contribution < -0.4 is 5.84 Å². The van der Waals surface area contributed by atoms with Gasteiger partial charge >= 0.3 is 0 Å². The summed E-state index contributed by atoms with van der Waals surface area (Å²) in [7, 11) is 0. The van der Waals surface area contributed by atoms with Gasteiger partial charge in [-0.3, -0.25) is 14.7 Å². The first-order chi connectivity index (χ1) is 11.0. The monoisotopic (exact) mass is 307 g/mol. The van der Waals surface area contributed by atoms with Gasteiger partial charge in [-0.25, -0.2) is 5.84 Å². The number of rotatable bonds is 2. The van der Waals surface area contributed by atoms with Gasteiger partial charge in [-0.05, 0) is 44.0 Å². The number of nitrogens with zero attached hydrogens (tertiary/aromatic N) is 2. The average molecular weight is 307 g/mol. The minimum absolute atomic E-state index is 0.0563. The second-order valence-electron chi connectivity index (χ2n) is 6.01. The number of benzene rings is 2. The largest absolute Gasteiger partial charge is 0.290 e. The van der Waals surface area contributed by atoms with Gasteiger partial charge < -0.3 is 0 Å². The van der Waals surface area contributed by atoms with E-state index in [1.807, 2.05) is 30.3 Å². The highest BCUT2D eigenvalue weighted by molar-refractivity contribution is 5.95. The maximum absolute atomic E-state index is 12.9. The molecule has 0 aromatic heterocycles. The molecule has 1 heterocycles. The van der Waals surface area contributed by atoms with Gasteiger partial charge in [0.2, 0.25) is 0 Å². The van der Waals surface area contributed by atoms with Crippen LogP contribution in [-0.4, -0.2) is 15.8 Å². The van der Waals surface area contributed by atoms with Crippen molar-refractivity contribution in [3.05, 3.63) is 82.7 Å². The third-order valence-corrected chi connectivity index (χ3v) is 4.20. The Kier molecular flexibility index (Phi) is 3.92. The van der Waals surface area contributed by atoms with E-state index in [2.05, 4.69) is 32.9 Å². The number of hydrogen-bond donors (Lipinski definition) is 1. The molecule has 1 aliphatic rings. The Morgan fingerprint density at radius 2 is 1.61 bits per heavy atom. The minimum Gasteiger partial charge on any atom is -0.290 e. The second-order valence-corrected chi connectivity index (χ2v) is 6.01. The summed E-state index contributed by atoms with van der Waals surface area (Å²) in [5, 5.41) is 1.59. The third-order valence-electron chi connectivity index (χ3n) is 4.20. The van der Waals surface area contributed by atoms with Gasteiger partial charge in [0.15, 0.2) is 0 Å². The highest BCUT2D eigenvalue weighted by atomic mass is 16.2. The highest BCUT2D eigenvalue weighted by Gasteiger charge is 2.33. The summed E-state index contributed by atoms with van der Waals surface area (Å²) in [4.78, 5) is 14.6. The molecule has 2 aromatic rings. The van der Waals surface area contributed by atoms with Crippen molar-refractivity contribution >= 4 is 5.91 Å². The van der Waals surface area contributed by atoms with Crippen molar-refractivity contribution in [3.63, 3.8) is 0 Å². The van der Waals surface area contributed by atoms with Crippen molar-refractivity contribution in [3.8, 4) is 0 Å². The maximum atomic E-state index is 12.9. The molecule has 0 saturated carbocycles. The normalized spacial score (nSPS) is 17.0. The van der Waals surface area contributed by atoms with Gasteiger partial charge in [-0.1, -0.05) is 35.9 Å². The van der Waals surface area contributed by atoms with Crippen molar-refractivity contribution in [1.29, 1.82) is 0 Å². The van der Waals surface area contributed by atoms with Gasteiger partial charge in [-0.2, -0.15) is 0 Å². The fourth-order valence-corrected chi connectivity index (χ4v) is 3.25. The predicted molar refractivity (Wildman–Crippen MR) is 91.2 cm³/mol. The van der Waals surface area contributed by atoms with Crippen LogP contribution in [0, 0.1) is 20.8 Å².